The van der Waals surface area contributed by atoms with Gasteiger partial charge in [-0.1, -0.05) is 42.5 Å². The summed E-state index contributed by atoms with van der Waals surface area (Å²) < 4.78 is 0. The lowest BCUT2D eigenvalue weighted by Gasteiger charge is -2.10. The van der Waals surface area contributed by atoms with Gasteiger partial charge in [-0.2, -0.15) is 5.10 Å². The first-order valence-electron chi connectivity index (χ1n) is 8.59. The molecule has 0 radical (unpaired) electrons. The second kappa shape index (κ2) is 8.25. The molecule has 2 aromatic carbocycles. The van der Waals surface area contributed by atoms with E-state index in [0.29, 0.717) is 17.9 Å². The van der Waals surface area contributed by atoms with E-state index in [1.807, 2.05) is 50.2 Å². The fourth-order valence-corrected chi connectivity index (χ4v) is 2.77. The Bertz CT molecular complexity index is 887. The van der Waals surface area contributed by atoms with Crippen molar-refractivity contribution in [1.82, 2.24) is 9.97 Å². The van der Waals surface area contributed by atoms with Crippen LogP contribution in [0.15, 0.2) is 65.8 Å². The summed E-state index contributed by atoms with van der Waals surface area (Å²) in [7, 11) is 0. The van der Waals surface area contributed by atoms with Gasteiger partial charge in [0.15, 0.2) is 0 Å². The van der Waals surface area contributed by atoms with Crippen LogP contribution in [0.25, 0.3) is 0 Å². The number of benzene rings is 2. The smallest absolute Gasteiger partial charge is 0.243 e. The Kier molecular flexibility index (Phi) is 5.59. The number of para-hydroxylation sites is 1. The Morgan fingerprint density at radius 2 is 1.62 bits per heavy atom. The maximum atomic E-state index is 10.2. The number of aromatic nitrogens is 2. The van der Waals surface area contributed by atoms with Crippen molar-refractivity contribution in [3.8, 4) is 5.75 Å². The van der Waals surface area contributed by atoms with Gasteiger partial charge >= 0.3 is 0 Å². The Balaban J connectivity index is 1.85. The number of aryl methyl sites for hydroxylation is 3. The molecule has 0 atom stereocenters. The predicted octanol–water partition coefficient (Wildman–Crippen LogP) is 4.25. The van der Waals surface area contributed by atoms with Crippen LogP contribution in [0.1, 0.15) is 28.9 Å². The molecule has 5 heteroatoms. The van der Waals surface area contributed by atoms with E-state index < -0.39 is 0 Å². The van der Waals surface area contributed by atoms with Gasteiger partial charge in [0.2, 0.25) is 5.95 Å². The maximum absolute atomic E-state index is 10.2. The number of anilines is 1. The number of aromatic hydroxyl groups is 1. The Labute approximate surface area is 153 Å². The molecule has 0 aliphatic rings. The molecular weight excluding hydrogens is 324 g/mol. The quantitative estimate of drug-likeness (QED) is 0.517. The van der Waals surface area contributed by atoms with Gasteiger partial charge in [0.25, 0.3) is 0 Å². The third kappa shape index (κ3) is 4.66. The molecule has 0 unspecified atom stereocenters. The van der Waals surface area contributed by atoms with E-state index in [2.05, 4.69) is 32.6 Å². The van der Waals surface area contributed by atoms with Crippen LogP contribution >= 0.6 is 0 Å². The molecular formula is C21H22N4O. The zero-order valence-electron chi connectivity index (χ0n) is 15.0. The van der Waals surface area contributed by atoms with Gasteiger partial charge in [-0.05, 0) is 50.5 Å². The topological polar surface area (TPSA) is 70.4 Å². The summed E-state index contributed by atoms with van der Waals surface area (Å²) in [6.45, 7) is 3.84. The van der Waals surface area contributed by atoms with E-state index >= 15 is 0 Å². The number of phenolic OH excluding ortho intramolecular Hbond substituents is 1. The van der Waals surface area contributed by atoms with Gasteiger partial charge in [-0.25, -0.2) is 15.4 Å². The van der Waals surface area contributed by atoms with Crippen molar-refractivity contribution in [2.24, 2.45) is 5.10 Å². The van der Waals surface area contributed by atoms with Gasteiger partial charge in [0.1, 0.15) is 5.75 Å². The summed E-state index contributed by atoms with van der Waals surface area (Å²) in [4.78, 5) is 8.70. The second-order valence-electron chi connectivity index (χ2n) is 6.15. The van der Waals surface area contributed by atoms with E-state index in [1.54, 1.807) is 12.1 Å². The molecule has 3 aromatic rings. The highest BCUT2D eigenvalue weighted by molar-refractivity contribution is 6.03. The van der Waals surface area contributed by atoms with E-state index in [0.717, 1.165) is 23.5 Å². The van der Waals surface area contributed by atoms with E-state index in [1.165, 1.54) is 5.56 Å². The average molecular weight is 346 g/mol. The lowest BCUT2D eigenvalue weighted by molar-refractivity contribution is 0.474. The molecule has 0 spiro atoms. The molecule has 0 amide bonds. The van der Waals surface area contributed by atoms with Crippen LogP contribution in [0.2, 0.25) is 0 Å². The van der Waals surface area contributed by atoms with Crippen molar-refractivity contribution < 1.29 is 5.11 Å². The first-order chi connectivity index (χ1) is 12.6. The average Bonchev–Trinajstić information content (AvgIpc) is 2.63. The molecule has 3 rings (SSSR count). The molecule has 26 heavy (non-hydrogen) atoms. The van der Waals surface area contributed by atoms with Crippen LogP contribution in [0.5, 0.6) is 5.75 Å². The fourth-order valence-electron chi connectivity index (χ4n) is 2.77. The van der Waals surface area contributed by atoms with Crippen LogP contribution in [0.3, 0.4) is 0 Å². The molecule has 1 heterocycles. The second-order valence-corrected chi connectivity index (χ2v) is 6.15. The third-order valence-corrected chi connectivity index (χ3v) is 3.98. The Morgan fingerprint density at radius 1 is 0.962 bits per heavy atom. The molecule has 0 saturated carbocycles. The van der Waals surface area contributed by atoms with Crippen molar-refractivity contribution in [2.75, 3.05) is 5.43 Å². The van der Waals surface area contributed by atoms with Crippen LogP contribution in [-0.4, -0.2) is 20.8 Å². The standard InChI is InChI=1S/C21H22N4O/c1-15-14-16(2)23-21(22-15)25-24-19(18-10-6-7-11-20(18)26)13-12-17-8-4-3-5-9-17/h3-11,14,26H,12-13H2,1-2H3,(H,22,23,25)/b24-19+. The lowest BCUT2D eigenvalue weighted by Crippen LogP contribution is -2.08. The van der Waals surface area contributed by atoms with E-state index in [-0.39, 0.29) is 5.75 Å². The summed E-state index contributed by atoms with van der Waals surface area (Å²) >= 11 is 0. The van der Waals surface area contributed by atoms with Gasteiger partial charge in [0.05, 0.1) is 5.71 Å². The number of nitrogens with zero attached hydrogens (tertiary/aromatic N) is 3. The number of rotatable bonds is 6. The monoisotopic (exact) mass is 346 g/mol. The molecule has 2 N–H and O–H groups in total. The van der Waals surface area contributed by atoms with Gasteiger partial charge < -0.3 is 5.11 Å². The van der Waals surface area contributed by atoms with Crippen molar-refractivity contribution in [1.29, 1.82) is 0 Å². The van der Waals surface area contributed by atoms with Crippen LogP contribution in [0, 0.1) is 13.8 Å². The first kappa shape index (κ1) is 17.6. The minimum absolute atomic E-state index is 0.211. The van der Waals surface area contributed by atoms with Crippen LogP contribution in [-0.2, 0) is 6.42 Å². The number of hydrogen-bond donors (Lipinski definition) is 2. The predicted molar refractivity (Wildman–Crippen MR) is 105 cm³/mol. The summed E-state index contributed by atoms with van der Waals surface area (Å²) in [5.74, 6) is 0.664. The molecule has 0 aliphatic heterocycles. The lowest BCUT2D eigenvalue weighted by atomic mass is 10.0. The molecule has 5 nitrogen and oxygen atoms in total. The molecule has 0 fully saturated rings. The normalized spacial score (nSPS) is 11.4. The minimum atomic E-state index is 0.211. The number of phenols is 1. The SMILES string of the molecule is Cc1cc(C)nc(N/N=C(\CCc2ccccc2)c2ccccc2O)n1. The fraction of sp³-hybridized carbons (Fsp3) is 0.190. The highest BCUT2D eigenvalue weighted by atomic mass is 16.3. The molecule has 1 aromatic heterocycles. The Hall–Kier alpha value is -3.21. The van der Waals surface area contributed by atoms with Crippen LogP contribution in [0.4, 0.5) is 5.95 Å². The van der Waals surface area contributed by atoms with Gasteiger partial charge in [0, 0.05) is 17.0 Å². The third-order valence-electron chi connectivity index (χ3n) is 3.98. The summed E-state index contributed by atoms with van der Waals surface area (Å²) in [6.07, 6.45) is 1.50. The summed E-state index contributed by atoms with van der Waals surface area (Å²) in [6, 6.07) is 19.3. The highest BCUT2D eigenvalue weighted by Gasteiger charge is 2.10. The number of hydrogen-bond acceptors (Lipinski definition) is 5. The van der Waals surface area contributed by atoms with Crippen LogP contribution < -0.4 is 5.43 Å². The number of nitrogens with one attached hydrogen (secondary N) is 1. The molecule has 0 saturated heterocycles. The summed E-state index contributed by atoms with van der Waals surface area (Å²) in [5, 5.41) is 14.7. The zero-order valence-corrected chi connectivity index (χ0v) is 15.0. The minimum Gasteiger partial charge on any atom is -0.507 e. The summed E-state index contributed by atoms with van der Waals surface area (Å²) in [5.41, 5.74) is 7.39. The molecule has 132 valence electrons. The zero-order chi connectivity index (χ0) is 18.4. The Morgan fingerprint density at radius 3 is 2.31 bits per heavy atom. The van der Waals surface area contributed by atoms with Crippen molar-refractivity contribution in [3.63, 3.8) is 0 Å². The largest absolute Gasteiger partial charge is 0.507 e. The van der Waals surface area contributed by atoms with E-state index in [9.17, 15) is 5.11 Å². The van der Waals surface area contributed by atoms with Crippen molar-refractivity contribution in [2.45, 2.75) is 26.7 Å². The molecule has 0 bridgehead atoms. The van der Waals surface area contributed by atoms with E-state index in [4.69, 9.17) is 0 Å². The van der Waals surface area contributed by atoms with Gasteiger partial charge in [-0.15, -0.1) is 0 Å². The molecule has 0 aliphatic carbocycles. The van der Waals surface area contributed by atoms with Crippen molar-refractivity contribution >= 4 is 11.7 Å². The van der Waals surface area contributed by atoms with Gasteiger partial charge in [-0.3, -0.25) is 0 Å². The number of hydrazone groups is 1. The maximum Gasteiger partial charge on any atom is 0.243 e. The van der Waals surface area contributed by atoms with Crippen molar-refractivity contribution in [3.05, 3.63) is 83.2 Å². The first-order valence-corrected chi connectivity index (χ1v) is 8.59. The highest BCUT2D eigenvalue weighted by Crippen LogP contribution is 2.20.